The molecule has 0 radical (unpaired) electrons. The van der Waals surface area contributed by atoms with Crippen LogP contribution in [0.25, 0.3) is 0 Å². The van der Waals surface area contributed by atoms with Gasteiger partial charge in [0.15, 0.2) is 5.79 Å². The number of halogens is 2. The quantitative estimate of drug-likeness (QED) is 0.920. The number of piperidine rings is 1. The molecule has 0 spiro atoms. The van der Waals surface area contributed by atoms with Gasteiger partial charge in [-0.15, -0.1) is 0 Å². The van der Waals surface area contributed by atoms with Gasteiger partial charge in [0.25, 0.3) is 0 Å². The molecule has 1 unspecified atom stereocenters. The Morgan fingerprint density at radius 1 is 1.33 bits per heavy atom. The second-order valence-electron chi connectivity index (χ2n) is 6.36. The van der Waals surface area contributed by atoms with Gasteiger partial charge in [-0.3, -0.25) is 0 Å². The van der Waals surface area contributed by atoms with E-state index in [1.807, 2.05) is 6.92 Å². The number of nitrogens with zero attached hydrogens (tertiary/aromatic N) is 1. The Morgan fingerprint density at radius 3 is 2.67 bits per heavy atom. The van der Waals surface area contributed by atoms with Gasteiger partial charge in [0.05, 0.1) is 19.8 Å². The fourth-order valence-electron chi connectivity index (χ4n) is 3.33. The molecule has 24 heavy (non-hydrogen) atoms. The summed E-state index contributed by atoms with van der Waals surface area (Å²) in [6.07, 6.45) is 1.76. The molecule has 2 saturated heterocycles. The molecule has 0 saturated carbocycles. The van der Waals surface area contributed by atoms with Crippen molar-refractivity contribution in [1.29, 1.82) is 0 Å². The van der Waals surface area contributed by atoms with E-state index in [1.54, 1.807) is 4.90 Å². The Balaban J connectivity index is 1.59. The molecule has 2 aliphatic rings. The first-order valence-corrected chi connectivity index (χ1v) is 8.23. The maximum atomic E-state index is 13.6. The summed E-state index contributed by atoms with van der Waals surface area (Å²) in [6, 6.07) is 3.32. The lowest BCUT2D eigenvalue weighted by Gasteiger charge is -2.39. The van der Waals surface area contributed by atoms with Crippen molar-refractivity contribution in [2.45, 2.75) is 32.1 Å². The van der Waals surface area contributed by atoms with Crippen LogP contribution in [-0.2, 0) is 16.0 Å². The van der Waals surface area contributed by atoms with Gasteiger partial charge in [-0.1, -0.05) is 6.07 Å². The molecule has 3 rings (SSSR count). The number of nitrogens with one attached hydrogen (secondary N) is 1. The highest BCUT2D eigenvalue weighted by Crippen LogP contribution is 2.34. The summed E-state index contributed by atoms with van der Waals surface area (Å²) in [7, 11) is 0. The first-order chi connectivity index (χ1) is 11.5. The molecule has 2 amide bonds. The average Bonchev–Trinajstić information content (AvgIpc) is 3.02. The van der Waals surface area contributed by atoms with E-state index in [0.717, 1.165) is 12.8 Å². The minimum atomic E-state index is -0.660. The van der Waals surface area contributed by atoms with Crippen molar-refractivity contribution in [1.82, 2.24) is 10.2 Å². The molecule has 5 nitrogen and oxygen atoms in total. The van der Waals surface area contributed by atoms with Gasteiger partial charge in [-0.25, -0.2) is 13.6 Å². The van der Waals surface area contributed by atoms with E-state index in [9.17, 15) is 13.6 Å². The Bertz CT molecular complexity index is 585. The molecule has 2 fully saturated rings. The Labute approximate surface area is 139 Å². The van der Waals surface area contributed by atoms with Gasteiger partial charge in [-0.2, -0.15) is 0 Å². The van der Waals surface area contributed by atoms with E-state index in [4.69, 9.17) is 9.47 Å². The second-order valence-corrected chi connectivity index (χ2v) is 6.36. The third-order valence-electron chi connectivity index (χ3n) is 4.79. The van der Waals surface area contributed by atoms with Crippen LogP contribution in [-0.4, -0.2) is 43.0 Å². The first-order valence-electron chi connectivity index (χ1n) is 8.23. The normalized spacial score (nSPS) is 23.3. The number of hydrogen-bond donors (Lipinski definition) is 1. The van der Waals surface area contributed by atoms with Crippen molar-refractivity contribution < 1.29 is 23.0 Å². The number of likely N-dealkylation sites (tertiary alicyclic amines) is 1. The molecule has 132 valence electrons. The van der Waals surface area contributed by atoms with E-state index in [1.165, 1.54) is 18.2 Å². The van der Waals surface area contributed by atoms with Gasteiger partial charge in [0, 0.05) is 24.6 Å². The minimum Gasteiger partial charge on any atom is -0.347 e. The average molecular weight is 340 g/mol. The SMILES string of the molecule is CC1(C2CCCN(C(=O)NCc3c(F)cccc3F)C2)OCCO1. The molecule has 0 aliphatic carbocycles. The van der Waals surface area contributed by atoms with Gasteiger partial charge in [0.2, 0.25) is 0 Å². The fourth-order valence-corrected chi connectivity index (χ4v) is 3.33. The summed E-state index contributed by atoms with van der Waals surface area (Å²) in [5.41, 5.74) is -0.131. The molecule has 1 aromatic carbocycles. The molecule has 2 aliphatic heterocycles. The van der Waals surface area contributed by atoms with Gasteiger partial charge in [-0.05, 0) is 31.9 Å². The van der Waals surface area contributed by atoms with Crippen LogP contribution >= 0.6 is 0 Å². The van der Waals surface area contributed by atoms with Crippen LogP contribution in [0.2, 0.25) is 0 Å². The van der Waals surface area contributed by atoms with E-state index in [0.29, 0.717) is 26.3 Å². The monoisotopic (exact) mass is 340 g/mol. The predicted molar refractivity (Wildman–Crippen MR) is 83.2 cm³/mol. The summed E-state index contributed by atoms with van der Waals surface area (Å²) in [6.45, 7) is 3.96. The van der Waals surface area contributed by atoms with Crippen LogP contribution in [0.1, 0.15) is 25.3 Å². The van der Waals surface area contributed by atoms with Crippen molar-refractivity contribution >= 4 is 6.03 Å². The highest BCUT2D eigenvalue weighted by molar-refractivity contribution is 5.74. The lowest BCUT2D eigenvalue weighted by atomic mass is 9.90. The van der Waals surface area contributed by atoms with E-state index in [-0.39, 0.29) is 24.1 Å². The maximum Gasteiger partial charge on any atom is 0.317 e. The molecule has 1 atom stereocenters. The highest BCUT2D eigenvalue weighted by atomic mass is 19.1. The predicted octanol–water partition coefficient (Wildman–Crippen LogP) is 2.65. The summed E-state index contributed by atoms with van der Waals surface area (Å²) in [5, 5.41) is 2.60. The van der Waals surface area contributed by atoms with E-state index >= 15 is 0 Å². The molecule has 1 N–H and O–H groups in total. The van der Waals surface area contributed by atoms with Crippen molar-refractivity contribution in [3.05, 3.63) is 35.4 Å². The number of hydrogen-bond acceptors (Lipinski definition) is 3. The van der Waals surface area contributed by atoms with Crippen molar-refractivity contribution in [3.8, 4) is 0 Å². The Morgan fingerprint density at radius 2 is 2.00 bits per heavy atom. The van der Waals surface area contributed by atoms with Crippen molar-refractivity contribution in [3.63, 3.8) is 0 Å². The third kappa shape index (κ3) is 3.52. The maximum absolute atomic E-state index is 13.6. The summed E-state index contributed by atoms with van der Waals surface area (Å²) >= 11 is 0. The van der Waals surface area contributed by atoms with Crippen molar-refractivity contribution in [2.75, 3.05) is 26.3 Å². The number of ether oxygens (including phenoxy) is 2. The molecule has 0 bridgehead atoms. The number of amides is 2. The number of benzene rings is 1. The molecular formula is C17H22F2N2O3. The van der Waals surface area contributed by atoms with Crippen LogP contribution in [0.3, 0.4) is 0 Å². The number of rotatable bonds is 3. The van der Waals surface area contributed by atoms with Crippen LogP contribution < -0.4 is 5.32 Å². The smallest absolute Gasteiger partial charge is 0.317 e. The minimum absolute atomic E-state index is 0.0877. The summed E-state index contributed by atoms with van der Waals surface area (Å²) in [4.78, 5) is 14.0. The summed E-state index contributed by atoms with van der Waals surface area (Å²) < 4.78 is 38.6. The number of carbonyl (C=O) groups excluding carboxylic acids is 1. The van der Waals surface area contributed by atoms with Crippen molar-refractivity contribution in [2.24, 2.45) is 5.92 Å². The largest absolute Gasteiger partial charge is 0.347 e. The van der Waals surface area contributed by atoms with Crippen LogP contribution in [0.5, 0.6) is 0 Å². The lowest BCUT2D eigenvalue weighted by molar-refractivity contribution is -0.189. The summed E-state index contributed by atoms with van der Waals surface area (Å²) in [5.74, 6) is -1.89. The lowest BCUT2D eigenvalue weighted by Crippen LogP contribution is -2.51. The molecule has 0 aromatic heterocycles. The van der Waals surface area contributed by atoms with Gasteiger partial charge in [0.1, 0.15) is 11.6 Å². The second kappa shape index (κ2) is 7.03. The first kappa shape index (κ1) is 17.1. The zero-order valence-corrected chi connectivity index (χ0v) is 13.7. The number of urea groups is 1. The van der Waals surface area contributed by atoms with Crippen LogP contribution in [0.4, 0.5) is 13.6 Å². The van der Waals surface area contributed by atoms with Gasteiger partial charge < -0.3 is 19.7 Å². The molecular weight excluding hydrogens is 318 g/mol. The molecule has 1 aromatic rings. The van der Waals surface area contributed by atoms with E-state index < -0.39 is 17.4 Å². The standard InChI is InChI=1S/C17H22F2N2O3/c1-17(23-8-9-24-17)12-4-3-7-21(11-12)16(22)20-10-13-14(18)5-2-6-15(13)19/h2,5-6,12H,3-4,7-11H2,1H3,(H,20,22). The molecule has 7 heteroatoms. The van der Waals surface area contributed by atoms with Crippen LogP contribution in [0, 0.1) is 17.6 Å². The Hall–Kier alpha value is -1.73. The van der Waals surface area contributed by atoms with Crippen LogP contribution in [0.15, 0.2) is 18.2 Å². The number of carbonyl (C=O) groups is 1. The topological polar surface area (TPSA) is 50.8 Å². The zero-order chi connectivity index (χ0) is 17.2. The molecule has 2 heterocycles. The zero-order valence-electron chi connectivity index (χ0n) is 13.7. The van der Waals surface area contributed by atoms with E-state index in [2.05, 4.69) is 5.32 Å². The van der Waals surface area contributed by atoms with Gasteiger partial charge >= 0.3 is 6.03 Å². The Kier molecular flexibility index (Phi) is 5.01. The highest BCUT2D eigenvalue weighted by Gasteiger charge is 2.42. The third-order valence-corrected chi connectivity index (χ3v) is 4.79. The fraction of sp³-hybridized carbons (Fsp3) is 0.588.